The first kappa shape index (κ1) is 11.9. The Hall–Kier alpha value is -2.16. The molecule has 6 heteroatoms. The van der Waals surface area contributed by atoms with Crippen molar-refractivity contribution in [2.75, 3.05) is 25.5 Å². The second kappa shape index (κ2) is 5.66. The van der Waals surface area contributed by atoms with Crippen molar-refractivity contribution in [2.24, 2.45) is 0 Å². The lowest BCUT2D eigenvalue weighted by Gasteiger charge is -2.14. The summed E-state index contributed by atoms with van der Waals surface area (Å²) in [6, 6.07) is 1.90. The molecular weight excluding hydrogens is 206 g/mol. The van der Waals surface area contributed by atoms with Crippen molar-refractivity contribution in [3.05, 3.63) is 18.1 Å². The number of anilines is 1. The maximum Gasteiger partial charge on any atom is 0.241 e. The highest BCUT2D eigenvalue weighted by Gasteiger charge is 2.08. The minimum Gasteiger partial charge on any atom is -0.359 e. The lowest BCUT2D eigenvalue weighted by Crippen LogP contribution is -2.32. The summed E-state index contributed by atoms with van der Waals surface area (Å²) in [5.41, 5.74) is 0.189. The summed E-state index contributed by atoms with van der Waals surface area (Å²) in [7, 11) is 1.71. The highest BCUT2D eigenvalue weighted by molar-refractivity contribution is 5.80. The molecule has 1 N–H and O–H groups in total. The van der Waals surface area contributed by atoms with Gasteiger partial charge >= 0.3 is 0 Å². The Morgan fingerprint density at radius 2 is 2.25 bits per heavy atom. The van der Waals surface area contributed by atoms with E-state index >= 15 is 0 Å². The van der Waals surface area contributed by atoms with Crippen LogP contribution in [0.15, 0.2) is 12.4 Å². The number of nitriles is 1. The van der Waals surface area contributed by atoms with E-state index in [-0.39, 0.29) is 18.1 Å². The number of nitrogens with one attached hydrogen (secondary N) is 1. The normalized spacial score (nSPS) is 9.31. The molecule has 16 heavy (non-hydrogen) atoms. The smallest absolute Gasteiger partial charge is 0.241 e. The summed E-state index contributed by atoms with van der Waals surface area (Å²) < 4.78 is 0. The number of aromatic nitrogens is 2. The van der Waals surface area contributed by atoms with E-state index in [1.807, 2.05) is 13.0 Å². The van der Waals surface area contributed by atoms with Crippen molar-refractivity contribution >= 4 is 11.7 Å². The molecular formula is C10H13N5O. The second-order valence-corrected chi connectivity index (χ2v) is 3.13. The summed E-state index contributed by atoms with van der Waals surface area (Å²) >= 11 is 0. The first-order valence-corrected chi connectivity index (χ1v) is 4.88. The number of carbonyl (C=O) groups excluding carboxylic acids is 1. The average Bonchev–Trinajstić information content (AvgIpc) is 2.35. The summed E-state index contributed by atoms with van der Waals surface area (Å²) in [6.07, 6.45) is 2.90. The monoisotopic (exact) mass is 219 g/mol. The zero-order valence-corrected chi connectivity index (χ0v) is 9.27. The van der Waals surface area contributed by atoms with Gasteiger partial charge in [-0.05, 0) is 6.92 Å². The van der Waals surface area contributed by atoms with Crippen LogP contribution in [0, 0.1) is 11.3 Å². The molecule has 1 aromatic heterocycles. The molecule has 1 rings (SSSR count). The van der Waals surface area contributed by atoms with Gasteiger partial charge < -0.3 is 10.2 Å². The molecule has 0 fully saturated rings. The largest absolute Gasteiger partial charge is 0.359 e. The van der Waals surface area contributed by atoms with Crippen molar-refractivity contribution in [2.45, 2.75) is 6.92 Å². The van der Waals surface area contributed by atoms with Gasteiger partial charge in [-0.1, -0.05) is 0 Å². The molecule has 0 bridgehead atoms. The van der Waals surface area contributed by atoms with Gasteiger partial charge in [-0.25, -0.2) is 9.97 Å². The Morgan fingerprint density at radius 3 is 2.88 bits per heavy atom. The third-order valence-electron chi connectivity index (χ3n) is 2.11. The highest BCUT2D eigenvalue weighted by Crippen LogP contribution is 2.05. The summed E-state index contributed by atoms with van der Waals surface area (Å²) in [4.78, 5) is 20.8. The Kier molecular flexibility index (Phi) is 4.21. The lowest BCUT2D eigenvalue weighted by molar-refractivity contribution is -0.127. The second-order valence-electron chi connectivity index (χ2n) is 3.13. The molecule has 1 amide bonds. The Labute approximate surface area is 93.9 Å². The number of likely N-dealkylation sites (N-methyl/N-ethyl adjacent to an activating group) is 1. The number of hydrogen-bond donors (Lipinski definition) is 1. The van der Waals surface area contributed by atoms with Crippen LogP contribution in [-0.4, -0.2) is 40.9 Å². The Morgan fingerprint density at radius 1 is 1.56 bits per heavy atom. The van der Waals surface area contributed by atoms with E-state index in [0.717, 1.165) is 0 Å². The van der Waals surface area contributed by atoms with Crippen LogP contribution in [0.1, 0.15) is 12.6 Å². The third kappa shape index (κ3) is 2.92. The molecule has 0 spiro atoms. The number of amides is 1. The molecule has 0 radical (unpaired) electrons. The van der Waals surface area contributed by atoms with Gasteiger partial charge in [0.05, 0.1) is 6.54 Å². The van der Waals surface area contributed by atoms with Gasteiger partial charge in [-0.15, -0.1) is 0 Å². The van der Waals surface area contributed by atoms with Gasteiger partial charge in [0.2, 0.25) is 5.91 Å². The quantitative estimate of drug-likeness (QED) is 0.784. The van der Waals surface area contributed by atoms with Crippen molar-refractivity contribution in [1.82, 2.24) is 14.9 Å². The minimum absolute atomic E-state index is 0.0583. The van der Waals surface area contributed by atoms with Crippen LogP contribution < -0.4 is 5.32 Å². The number of rotatable bonds is 4. The van der Waals surface area contributed by atoms with Crippen molar-refractivity contribution in [1.29, 1.82) is 5.26 Å². The van der Waals surface area contributed by atoms with E-state index in [1.54, 1.807) is 11.9 Å². The molecule has 0 aliphatic heterocycles. The molecule has 0 saturated heterocycles. The van der Waals surface area contributed by atoms with E-state index in [1.165, 1.54) is 12.4 Å². The van der Waals surface area contributed by atoms with Gasteiger partial charge in [-0.3, -0.25) is 4.79 Å². The zero-order valence-electron chi connectivity index (χ0n) is 9.27. The van der Waals surface area contributed by atoms with Crippen LogP contribution in [0.4, 0.5) is 5.82 Å². The van der Waals surface area contributed by atoms with Gasteiger partial charge in [0, 0.05) is 26.0 Å². The summed E-state index contributed by atoms with van der Waals surface area (Å²) in [5, 5.41) is 11.5. The van der Waals surface area contributed by atoms with Crippen LogP contribution >= 0.6 is 0 Å². The van der Waals surface area contributed by atoms with Crippen LogP contribution in [0.2, 0.25) is 0 Å². The van der Waals surface area contributed by atoms with Gasteiger partial charge in [-0.2, -0.15) is 5.26 Å². The van der Waals surface area contributed by atoms with Crippen molar-refractivity contribution in [3.63, 3.8) is 0 Å². The zero-order chi connectivity index (χ0) is 12.0. The van der Waals surface area contributed by atoms with Crippen LogP contribution in [-0.2, 0) is 4.79 Å². The Bertz CT molecular complexity index is 412. The molecule has 84 valence electrons. The predicted octanol–water partition coefficient (Wildman–Crippen LogP) is 0.238. The molecule has 0 aliphatic carbocycles. The number of hydrogen-bond acceptors (Lipinski definition) is 5. The lowest BCUT2D eigenvalue weighted by atomic mass is 10.4. The molecule has 0 aromatic carbocycles. The summed E-state index contributed by atoms with van der Waals surface area (Å²) in [5.74, 6) is 0.278. The van der Waals surface area contributed by atoms with Crippen LogP contribution in [0.25, 0.3) is 0 Å². The van der Waals surface area contributed by atoms with Gasteiger partial charge in [0.15, 0.2) is 11.5 Å². The van der Waals surface area contributed by atoms with Crippen molar-refractivity contribution < 1.29 is 4.79 Å². The fourth-order valence-electron chi connectivity index (χ4n) is 1.02. The molecule has 1 aromatic rings. The van der Waals surface area contributed by atoms with Gasteiger partial charge in [0.25, 0.3) is 0 Å². The highest BCUT2D eigenvalue weighted by atomic mass is 16.2. The van der Waals surface area contributed by atoms with E-state index in [2.05, 4.69) is 15.3 Å². The minimum atomic E-state index is -0.0583. The van der Waals surface area contributed by atoms with E-state index in [0.29, 0.717) is 12.4 Å². The summed E-state index contributed by atoms with van der Waals surface area (Å²) in [6.45, 7) is 2.64. The van der Waals surface area contributed by atoms with Gasteiger partial charge in [0.1, 0.15) is 6.07 Å². The number of carbonyl (C=O) groups is 1. The molecule has 0 saturated carbocycles. The SMILES string of the molecule is CCN(C)C(=O)CNc1nccnc1C#N. The maximum atomic E-state index is 11.5. The van der Waals surface area contributed by atoms with E-state index in [9.17, 15) is 4.79 Å². The number of nitrogens with zero attached hydrogens (tertiary/aromatic N) is 4. The standard InChI is InChI=1S/C10H13N5O/c1-3-15(2)9(16)7-14-10-8(6-11)12-4-5-13-10/h4-5H,3,7H2,1-2H3,(H,13,14). The maximum absolute atomic E-state index is 11.5. The predicted molar refractivity (Wildman–Crippen MR) is 58.5 cm³/mol. The fourth-order valence-corrected chi connectivity index (χ4v) is 1.02. The molecule has 0 unspecified atom stereocenters. The topological polar surface area (TPSA) is 81.9 Å². The molecule has 0 aliphatic rings. The van der Waals surface area contributed by atoms with E-state index in [4.69, 9.17) is 5.26 Å². The first-order chi connectivity index (χ1) is 7.69. The van der Waals surface area contributed by atoms with Crippen LogP contribution in [0.3, 0.4) is 0 Å². The first-order valence-electron chi connectivity index (χ1n) is 4.88. The molecule has 0 atom stereocenters. The van der Waals surface area contributed by atoms with E-state index < -0.39 is 0 Å². The molecule has 1 heterocycles. The fraction of sp³-hybridized carbons (Fsp3) is 0.400. The average molecular weight is 219 g/mol. The third-order valence-corrected chi connectivity index (χ3v) is 2.11. The van der Waals surface area contributed by atoms with Crippen molar-refractivity contribution in [3.8, 4) is 6.07 Å². The Balaban J connectivity index is 2.62. The molecule has 6 nitrogen and oxygen atoms in total. The van der Waals surface area contributed by atoms with Crippen LogP contribution in [0.5, 0.6) is 0 Å².